The van der Waals surface area contributed by atoms with Gasteiger partial charge >= 0.3 is 0 Å². The Morgan fingerprint density at radius 1 is 1.26 bits per heavy atom. The van der Waals surface area contributed by atoms with Crippen molar-refractivity contribution in [1.82, 2.24) is 15.5 Å². The molecular formula is C28H34N4O3. The molecule has 7 heteroatoms. The van der Waals surface area contributed by atoms with Crippen LogP contribution in [0, 0.1) is 5.41 Å². The molecule has 2 atom stereocenters. The smallest absolute Gasteiger partial charge is 0.251 e. The van der Waals surface area contributed by atoms with Crippen LogP contribution in [0.25, 0.3) is 0 Å². The van der Waals surface area contributed by atoms with E-state index in [1.54, 1.807) is 12.1 Å². The largest absolute Gasteiger partial charge is 0.493 e. The minimum Gasteiger partial charge on any atom is -0.493 e. The number of nitrogens with zero attached hydrogens (tertiary/aromatic N) is 1. The first-order chi connectivity index (χ1) is 16.8. The van der Waals surface area contributed by atoms with Crippen LogP contribution in [0.15, 0.2) is 60.7 Å². The summed E-state index contributed by atoms with van der Waals surface area (Å²) in [6.45, 7) is 10.6. The van der Waals surface area contributed by atoms with Crippen molar-refractivity contribution in [2.24, 2.45) is 0 Å². The Balaban J connectivity index is 1.58. The van der Waals surface area contributed by atoms with Gasteiger partial charge in [0, 0.05) is 23.1 Å². The first kappa shape index (κ1) is 24.5. The van der Waals surface area contributed by atoms with E-state index in [2.05, 4.69) is 17.2 Å². The number of hydrogen-bond acceptors (Lipinski definition) is 4. The van der Waals surface area contributed by atoms with E-state index in [9.17, 15) is 9.59 Å². The van der Waals surface area contributed by atoms with Gasteiger partial charge in [0.05, 0.1) is 25.1 Å². The number of fused-ring (bicyclic) bond motifs is 1. The molecule has 2 aliphatic rings. The van der Waals surface area contributed by atoms with Gasteiger partial charge in [-0.3, -0.25) is 19.9 Å². The molecule has 3 N–H and O–H groups in total. The summed E-state index contributed by atoms with van der Waals surface area (Å²) in [6.07, 6.45) is 2.52. The summed E-state index contributed by atoms with van der Waals surface area (Å²) in [6, 6.07) is 14.3. The zero-order valence-corrected chi connectivity index (χ0v) is 20.7. The fourth-order valence-electron chi connectivity index (χ4n) is 5.04. The van der Waals surface area contributed by atoms with E-state index in [0.29, 0.717) is 25.0 Å². The Morgan fingerprint density at radius 2 is 2.00 bits per heavy atom. The van der Waals surface area contributed by atoms with Crippen molar-refractivity contribution in [3.05, 3.63) is 77.4 Å². The van der Waals surface area contributed by atoms with E-state index < -0.39 is 11.6 Å². The molecule has 2 heterocycles. The summed E-state index contributed by atoms with van der Waals surface area (Å²) in [4.78, 5) is 28.0. The van der Waals surface area contributed by atoms with E-state index in [1.807, 2.05) is 57.2 Å². The van der Waals surface area contributed by atoms with Crippen molar-refractivity contribution in [3.8, 4) is 5.75 Å². The van der Waals surface area contributed by atoms with E-state index >= 15 is 0 Å². The standard InChI is InChI=1S/C28H34N4O3/c1-5-28(6-2)17-24(33)32(27(29)31-28)25(18(3)4)19-10-9-11-20(16-19)26(34)30-22-14-15-35-23-13-8-7-12-21(22)23/h7-13,16,22,25H,3,5-6,14-15,17H2,1-2,4H3,(H2,29,31)(H,30,34)/t22-,25?/m0/s1. The van der Waals surface area contributed by atoms with Gasteiger partial charge in [0.1, 0.15) is 5.75 Å². The third-order valence-electron chi connectivity index (χ3n) is 7.19. The van der Waals surface area contributed by atoms with Gasteiger partial charge in [0.25, 0.3) is 5.91 Å². The molecule has 184 valence electrons. The molecule has 2 aliphatic heterocycles. The number of rotatable bonds is 7. The molecule has 0 saturated carbocycles. The van der Waals surface area contributed by atoms with Gasteiger partial charge in [0.15, 0.2) is 5.96 Å². The molecule has 1 unspecified atom stereocenters. The summed E-state index contributed by atoms with van der Waals surface area (Å²) in [5.41, 5.74) is 2.54. The third-order valence-corrected chi connectivity index (χ3v) is 7.19. The number of ether oxygens (including phenoxy) is 1. The van der Waals surface area contributed by atoms with Crippen molar-refractivity contribution >= 4 is 17.8 Å². The Kier molecular flexibility index (Phi) is 6.96. The topological polar surface area (TPSA) is 94.5 Å². The molecule has 0 aromatic heterocycles. The van der Waals surface area contributed by atoms with Gasteiger partial charge < -0.3 is 15.4 Å². The number of nitrogens with one attached hydrogen (secondary N) is 3. The molecule has 0 spiro atoms. The highest BCUT2D eigenvalue weighted by molar-refractivity contribution is 6.00. The van der Waals surface area contributed by atoms with Crippen LogP contribution >= 0.6 is 0 Å². The van der Waals surface area contributed by atoms with Crippen LogP contribution < -0.4 is 15.4 Å². The summed E-state index contributed by atoms with van der Waals surface area (Å²) < 4.78 is 5.71. The second-order valence-electron chi connectivity index (χ2n) is 9.48. The maximum absolute atomic E-state index is 13.3. The molecule has 2 aromatic rings. The number of carbonyl (C=O) groups is 2. The maximum atomic E-state index is 13.3. The number of para-hydroxylation sites is 1. The van der Waals surface area contributed by atoms with Crippen LogP contribution in [0.4, 0.5) is 0 Å². The van der Waals surface area contributed by atoms with Gasteiger partial charge in [-0.1, -0.05) is 56.3 Å². The highest BCUT2D eigenvalue weighted by Gasteiger charge is 2.42. The minimum atomic E-state index is -0.536. The van der Waals surface area contributed by atoms with Crippen molar-refractivity contribution in [1.29, 1.82) is 5.41 Å². The van der Waals surface area contributed by atoms with E-state index in [4.69, 9.17) is 10.1 Å². The molecular weight excluding hydrogens is 440 g/mol. The molecule has 1 fully saturated rings. The maximum Gasteiger partial charge on any atom is 0.251 e. The monoisotopic (exact) mass is 474 g/mol. The van der Waals surface area contributed by atoms with Crippen LogP contribution in [-0.4, -0.2) is 34.8 Å². The van der Waals surface area contributed by atoms with Crippen molar-refractivity contribution in [2.45, 2.75) is 64.1 Å². The number of hydrogen-bond donors (Lipinski definition) is 3. The second kappa shape index (κ2) is 9.94. The van der Waals surface area contributed by atoms with Crippen LogP contribution in [-0.2, 0) is 4.79 Å². The normalized spacial score (nSPS) is 19.7. The summed E-state index contributed by atoms with van der Waals surface area (Å²) in [7, 11) is 0. The van der Waals surface area contributed by atoms with Gasteiger partial charge in [-0.15, -0.1) is 0 Å². The van der Waals surface area contributed by atoms with Gasteiger partial charge in [0.2, 0.25) is 5.91 Å². The zero-order valence-electron chi connectivity index (χ0n) is 20.7. The van der Waals surface area contributed by atoms with Crippen molar-refractivity contribution in [3.63, 3.8) is 0 Å². The van der Waals surface area contributed by atoms with Crippen LogP contribution in [0.1, 0.15) is 80.0 Å². The minimum absolute atomic E-state index is 0.0756. The second-order valence-corrected chi connectivity index (χ2v) is 9.48. The Bertz CT molecular complexity index is 1130. The molecule has 0 aliphatic carbocycles. The van der Waals surface area contributed by atoms with E-state index in [0.717, 1.165) is 35.3 Å². The Morgan fingerprint density at radius 3 is 2.69 bits per heavy atom. The highest BCUT2D eigenvalue weighted by atomic mass is 16.5. The first-order valence-corrected chi connectivity index (χ1v) is 12.3. The molecule has 7 nitrogen and oxygen atoms in total. The number of amides is 2. The fourth-order valence-corrected chi connectivity index (χ4v) is 5.04. The zero-order chi connectivity index (χ0) is 25.2. The molecule has 0 bridgehead atoms. The summed E-state index contributed by atoms with van der Waals surface area (Å²) in [5, 5.41) is 15.1. The molecule has 0 radical (unpaired) electrons. The predicted molar refractivity (Wildman–Crippen MR) is 136 cm³/mol. The quantitative estimate of drug-likeness (QED) is 0.499. The lowest BCUT2D eigenvalue weighted by atomic mass is 9.85. The summed E-state index contributed by atoms with van der Waals surface area (Å²) >= 11 is 0. The van der Waals surface area contributed by atoms with Gasteiger partial charge in [-0.2, -0.15) is 0 Å². The van der Waals surface area contributed by atoms with E-state index in [1.165, 1.54) is 4.90 Å². The Hall–Kier alpha value is -3.61. The number of guanidine groups is 1. The molecule has 35 heavy (non-hydrogen) atoms. The van der Waals surface area contributed by atoms with Crippen LogP contribution in [0.5, 0.6) is 5.75 Å². The molecule has 1 saturated heterocycles. The first-order valence-electron chi connectivity index (χ1n) is 12.3. The van der Waals surface area contributed by atoms with Gasteiger partial charge in [-0.05, 0) is 43.5 Å². The third kappa shape index (κ3) is 4.81. The SMILES string of the molecule is C=C(C)C(c1cccc(C(=O)N[C@H]2CCOc3ccccc32)c1)N1C(=N)NC(CC)(CC)CC1=O. The molecule has 2 amide bonds. The predicted octanol–water partition coefficient (Wildman–Crippen LogP) is 4.87. The number of benzene rings is 2. The van der Waals surface area contributed by atoms with Crippen LogP contribution in [0.2, 0.25) is 0 Å². The summed E-state index contributed by atoms with van der Waals surface area (Å²) in [5.74, 6) is 0.568. The lowest BCUT2D eigenvalue weighted by molar-refractivity contribution is -0.132. The van der Waals surface area contributed by atoms with Crippen LogP contribution in [0.3, 0.4) is 0 Å². The Labute approximate surface area is 207 Å². The average Bonchev–Trinajstić information content (AvgIpc) is 2.86. The van der Waals surface area contributed by atoms with Crippen molar-refractivity contribution in [2.75, 3.05) is 6.61 Å². The number of carbonyl (C=O) groups excluding carboxylic acids is 2. The molecule has 4 rings (SSSR count). The average molecular weight is 475 g/mol. The highest BCUT2D eigenvalue weighted by Crippen LogP contribution is 2.35. The fraction of sp³-hybridized carbons (Fsp3) is 0.393. The van der Waals surface area contributed by atoms with Gasteiger partial charge in [-0.25, -0.2) is 0 Å². The van der Waals surface area contributed by atoms with E-state index in [-0.39, 0.29) is 23.8 Å². The lowest BCUT2D eigenvalue weighted by Crippen LogP contribution is -2.62. The lowest BCUT2D eigenvalue weighted by Gasteiger charge is -2.45. The van der Waals surface area contributed by atoms with Crippen molar-refractivity contribution < 1.29 is 14.3 Å². The molecule has 2 aromatic carbocycles.